The molecule has 1 atom stereocenters. The van der Waals surface area contributed by atoms with Gasteiger partial charge in [0, 0.05) is 13.0 Å². The van der Waals surface area contributed by atoms with Crippen LogP contribution in [0.25, 0.3) is 0 Å². The Bertz CT molecular complexity index is 243. The van der Waals surface area contributed by atoms with E-state index in [0.717, 1.165) is 19.6 Å². The molecular formula is C13H25FN2O2. The highest BCUT2D eigenvalue weighted by atomic mass is 19.1. The van der Waals surface area contributed by atoms with Crippen LogP contribution in [-0.2, 0) is 9.47 Å². The molecule has 106 valence electrons. The van der Waals surface area contributed by atoms with Crippen molar-refractivity contribution < 1.29 is 13.9 Å². The minimum Gasteiger partial charge on any atom is -0.496 e. The second-order valence-electron chi connectivity index (χ2n) is 4.46. The summed E-state index contributed by atoms with van der Waals surface area (Å²) in [5, 5.41) is 0. The van der Waals surface area contributed by atoms with Gasteiger partial charge < -0.3 is 15.2 Å². The zero-order chi connectivity index (χ0) is 13.2. The Morgan fingerprint density at radius 3 is 2.72 bits per heavy atom. The summed E-state index contributed by atoms with van der Waals surface area (Å²) in [7, 11) is 0. The first-order valence-corrected chi connectivity index (χ1v) is 6.69. The lowest BCUT2D eigenvalue weighted by atomic mass is 10.3. The van der Waals surface area contributed by atoms with Crippen LogP contribution in [0.4, 0.5) is 4.39 Å². The number of rotatable bonds is 9. The van der Waals surface area contributed by atoms with Crippen LogP contribution < -0.4 is 5.73 Å². The molecule has 0 aromatic carbocycles. The number of nitrogens with two attached hydrogens (primary N) is 1. The Labute approximate surface area is 109 Å². The Hall–Kier alpha value is -0.650. The van der Waals surface area contributed by atoms with Crippen LogP contribution in [0.1, 0.15) is 26.2 Å². The van der Waals surface area contributed by atoms with Gasteiger partial charge in [-0.15, -0.1) is 0 Å². The molecule has 0 unspecified atom stereocenters. The molecule has 1 fully saturated rings. The molecule has 0 aromatic heterocycles. The van der Waals surface area contributed by atoms with Gasteiger partial charge in [0.25, 0.3) is 0 Å². The van der Waals surface area contributed by atoms with Gasteiger partial charge in [0.15, 0.2) is 0 Å². The molecule has 4 nitrogen and oxygen atoms in total. The van der Waals surface area contributed by atoms with Gasteiger partial charge in [-0.2, -0.15) is 0 Å². The first-order valence-electron chi connectivity index (χ1n) is 6.69. The van der Waals surface area contributed by atoms with Crippen LogP contribution in [0.5, 0.6) is 0 Å². The molecular weight excluding hydrogens is 235 g/mol. The molecule has 1 saturated heterocycles. The summed E-state index contributed by atoms with van der Waals surface area (Å²) >= 11 is 0. The van der Waals surface area contributed by atoms with Crippen LogP contribution in [0.15, 0.2) is 11.8 Å². The third-order valence-electron chi connectivity index (χ3n) is 3.00. The van der Waals surface area contributed by atoms with Gasteiger partial charge in [0.05, 0.1) is 19.0 Å². The summed E-state index contributed by atoms with van der Waals surface area (Å²) in [6.07, 6.45) is 4.36. The fourth-order valence-corrected chi connectivity index (χ4v) is 2.04. The smallest absolute Gasteiger partial charge is 0.118 e. The lowest BCUT2D eigenvalue weighted by molar-refractivity contribution is 0.00701. The van der Waals surface area contributed by atoms with E-state index in [1.807, 2.05) is 6.92 Å². The topological polar surface area (TPSA) is 47.7 Å². The SMILES string of the molecule is C/C=C(\CCF)OCCO[C@H](N)CN1CCCC1. The molecule has 0 spiro atoms. The van der Waals surface area contributed by atoms with Gasteiger partial charge in [-0.3, -0.25) is 9.29 Å². The maximum Gasteiger partial charge on any atom is 0.118 e. The number of hydrogen-bond acceptors (Lipinski definition) is 4. The van der Waals surface area contributed by atoms with Crippen molar-refractivity contribution in [3.8, 4) is 0 Å². The van der Waals surface area contributed by atoms with Crippen molar-refractivity contribution >= 4 is 0 Å². The average Bonchev–Trinajstić information content (AvgIpc) is 2.85. The van der Waals surface area contributed by atoms with Crippen LogP contribution in [0, 0.1) is 0 Å². The van der Waals surface area contributed by atoms with Crippen molar-refractivity contribution in [3.63, 3.8) is 0 Å². The maximum atomic E-state index is 12.1. The standard InChI is InChI=1S/C13H25FN2O2/c1-2-12(5-6-14)17-9-10-18-13(15)11-16-7-3-4-8-16/h2,13H,3-11,15H2,1H3/b12-2+/t13-/m0/s1. The van der Waals surface area contributed by atoms with Gasteiger partial charge in [0.2, 0.25) is 0 Å². The third-order valence-corrected chi connectivity index (χ3v) is 3.00. The molecule has 0 aromatic rings. The number of ether oxygens (including phenoxy) is 2. The van der Waals surface area contributed by atoms with Crippen molar-refractivity contribution in [3.05, 3.63) is 11.8 Å². The van der Waals surface area contributed by atoms with Gasteiger partial charge >= 0.3 is 0 Å². The first-order chi connectivity index (χ1) is 8.76. The van der Waals surface area contributed by atoms with Crippen molar-refractivity contribution in [2.24, 2.45) is 5.73 Å². The summed E-state index contributed by atoms with van der Waals surface area (Å²) in [5.41, 5.74) is 5.87. The predicted octanol–water partition coefficient (Wildman–Crippen LogP) is 1.66. The van der Waals surface area contributed by atoms with Gasteiger partial charge in [-0.05, 0) is 38.9 Å². The lowest BCUT2D eigenvalue weighted by Gasteiger charge is -2.20. The Morgan fingerprint density at radius 2 is 2.11 bits per heavy atom. The van der Waals surface area contributed by atoms with Gasteiger partial charge in [-0.25, -0.2) is 0 Å². The summed E-state index contributed by atoms with van der Waals surface area (Å²) in [6.45, 7) is 5.33. The van der Waals surface area contributed by atoms with E-state index in [2.05, 4.69) is 4.90 Å². The zero-order valence-corrected chi connectivity index (χ0v) is 11.2. The fourth-order valence-electron chi connectivity index (χ4n) is 2.04. The van der Waals surface area contributed by atoms with Gasteiger partial charge in [-0.1, -0.05) is 0 Å². The van der Waals surface area contributed by atoms with Crippen molar-refractivity contribution in [1.82, 2.24) is 4.90 Å². The molecule has 1 rings (SSSR count). The van der Waals surface area contributed by atoms with Crippen LogP contribution in [0.3, 0.4) is 0 Å². The van der Waals surface area contributed by atoms with E-state index in [1.165, 1.54) is 12.8 Å². The van der Waals surface area contributed by atoms with Crippen molar-refractivity contribution in [1.29, 1.82) is 0 Å². The van der Waals surface area contributed by atoms with E-state index >= 15 is 0 Å². The third kappa shape index (κ3) is 6.33. The monoisotopic (exact) mass is 260 g/mol. The number of likely N-dealkylation sites (tertiary alicyclic amines) is 1. The number of hydrogen-bond donors (Lipinski definition) is 1. The van der Waals surface area contributed by atoms with E-state index in [0.29, 0.717) is 25.4 Å². The summed E-state index contributed by atoms with van der Waals surface area (Å²) in [6, 6.07) is 0. The highest BCUT2D eigenvalue weighted by Crippen LogP contribution is 2.07. The largest absolute Gasteiger partial charge is 0.496 e. The maximum absolute atomic E-state index is 12.1. The Morgan fingerprint density at radius 1 is 1.39 bits per heavy atom. The fraction of sp³-hybridized carbons (Fsp3) is 0.846. The van der Waals surface area contributed by atoms with Crippen LogP contribution in [-0.4, -0.2) is 50.7 Å². The first kappa shape index (κ1) is 15.4. The molecule has 0 saturated carbocycles. The quantitative estimate of drug-likeness (QED) is 0.389. The highest BCUT2D eigenvalue weighted by Gasteiger charge is 2.14. The second-order valence-corrected chi connectivity index (χ2v) is 4.46. The highest BCUT2D eigenvalue weighted by molar-refractivity contribution is 4.89. The van der Waals surface area contributed by atoms with Gasteiger partial charge in [0.1, 0.15) is 12.8 Å². The summed E-state index contributed by atoms with van der Waals surface area (Å²) < 4.78 is 23.0. The Kier molecular flexibility index (Phi) is 7.96. The van der Waals surface area contributed by atoms with E-state index in [-0.39, 0.29) is 6.23 Å². The Balaban J connectivity index is 2.02. The molecule has 18 heavy (non-hydrogen) atoms. The van der Waals surface area contributed by atoms with E-state index in [1.54, 1.807) is 6.08 Å². The molecule has 2 N–H and O–H groups in total. The number of allylic oxidation sites excluding steroid dienone is 2. The van der Waals surface area contributed by atoms with E-state index in [9.17, 15) is 4.39 Å². The molecule has 1 aliphatic heterocycles. The molecule has 0 amide bonds. The minimum absolute atomic E-state index is 0.262. The van der Waals surface area contributed by atoms with Crippen molar-refractivity contribution in [2.45, 2.75) is 32.4 Å². The number of halogens is 1. The van der Waals surface area contributed by atoms with Crippen molar-refractivity contribution in [2.75, 3.05) is 39.5 Å². The lowest BCUT2D eigenvalue weighted by Crippen LogP contribution is -2.38. The van der Waals surface area contributed by atoms with Crippen LogP contribution >= 0.6 is 0 Å². The molecule has 5 heteroatoms. The zero-order valence-electron chi connectivity index (χ0n) is 11.2. The predicted molar refractivity (Wildman–Crippen MR) is 69.9 cm³/mol. The molecule has 0 bridgehead atoms. The summed E-state index contributed by atoms with van der Waals surface area (Å²) in [5.74, 6) is 0.675. The van der Waals surface area contributed by atoms with E-state index < -0.39 is 6.67 Å². The summed E-state index contributed by atoms with van der Waals surface area (Å²) in [4.78, 5) is 2.31. The van der Waals surface area contributed by atoms with E-state index in [4.69, 9.17) is 15.2 Å². The molecule has 1 aliphatic rings. The average molecular weight is 260 g/mol. The van der Waals surface area contributed by atoms with Crippen LogP contribution in [0.2, 0.25) is 0 Å². The minimum atomic E-state index is -0.394. The number of nitrogens with zero attached hydrogens (tertiary/aromatic N) is 1. The molecule has 0 radical (unpaired) electrons. The molecule has 0 aliphatic carbocycles. The molecule has 1 heterocycles. The number of alkyl halides is 1. The second kappa shape index (κ2) is 9.30. The normalized spacial score (nSPS) is 19.2.